The number of thiazole rings is 1. The molecule has 31 heavy (non-hydrogen) atoms. The van der Waals surface area contributed by atoms with Gasteiger partial charge in [-0.05, 0) is 23.6 Å². The van der Waals surface area contributed by atoms with Gasteiger partial charge in [-0.15, -0.1) is 0 Å². The van der Waals surface area contributed by atoms with Gasteiger partial charge in [0, 0.05) is 28.4 Å². The summed E-state index contributed by atoms with van der Waals surface area (Å²) in [6, 6.07) is 21.0. The van der Waals surface area contributed by atoms with Crippen LogP contribution < -0.4 is 10.2 Å². The van der Waals surface area contributed by atoms with E-state index < -0.39 is 10.8 Å². The Bertz CT molecular complexity index is 1440. The average molecular weight is 427 g/mol. The van der Waals surface area contributed by atoms with Gasteiger partial charge in [0.1, 0.15) is 6.54 Å². The molecule has 1 aliphatic heterocycles. The molecule has 0 fully saturated rings. The first-order valence-corrected chi connectivity index (χ1v) is 10.5. The number of amides is 1. The molecule has 2 heterocycles. The van der Waals surface area contributed by atoms with E-state index in [1.165, 1.54) is 0 Å². The monoisotopic (exact) mass is 427 g/mol. The van der Waals surface area contributed by atoms with Crippen LogP contribution >= 0.6 is 11.3 Å². The fraction of sp³-hybridized carbons (Fsp3) is 0.0417. The molecular weight excluding hydrogens is 410 g/mol. The molecule has 0 aliphatic carbocycles. The highest BCUT2D eigenvalue weighted by Crippen LogP contribution is 2.34. The summed E-state index contributed by atoms with van der Waals surface area (Å²) in [5.41, 5.74) is 3.24. The standard InChI is InChI=1S/C24H17N3O3S/c28-22(26-20-11-5-7-15-6-1-2-8-17(15)20)14-27-23(29)21(31-24(27)30)12-16-13-25-19-10-4-3-9-18(16)19/h1-13,29H,14H2,(H,26,28). The topological polar surface area (TPSA) is 83.7 Å². The van der Waals surface area contributed by atoms with Crippen molar-refractivity contribution in [2.24, 2.45) is 4.99 Å². The number of aromatic hydroxyl groups is 1. The quantitative estimate of drug-likeness (QED) is 0.497. The number of aromatic nitrogens is 1. The number of nitrogens with zero attached hydrogens (tertiary/aromatic N) is 2. The lowest BCUT2D eigenvalue weighted by atomic mass is 10.1. The fourth-order valence-electron chi connectivity index (χ4n) is 3.61. The third-order valence-electron chi connectivity index (χ3n) is 5.10. The minimum Gasteiger partial charge on any atom is -0.493 e. The van der Waals surface area contributed by atoms with Gasteiger partial charge < -0.3 is 10.4 Å². The molecule has 0 spiro atoms. The van der Waals surface area contributed by atoms with E-state index in [1.807, 2.05) is 66.7 Å². The van der Waals surface area contributed by atoms with Crippen molar-refractivity contribution in [2.45, 2.75) is 6.54 Å². The number of hydrogen-bond acceptors (Lipinski definition) is 5. The summed E-state index contributed by atoms with van der Waals surface area (Å²) < 4.78 is 1.08. The Hall–Kier alpha value is -3.97. The molecule has 1 amide bonds. The van der Waals surface area contributed by atoms with Crippen LogP contribution in [0.15, 0.2) is 76.5 Å². The number of para-hydroxylation sites is 1. The van der Waals surface area contributed by atoms with Crippen LogP contribution in [0, 0.1) is 0 Å². The largest absolute Gasteiger partial charge is 0.493 e. The zero-order chi connectivity index (χ0) is 21.4. The molecule has 152 valence electrons. The Morgan fingerprint density at radius 2 is 1.84 bits per heavy atom. The maximum absolute atomic E-state index is 12.6. The second-order valence-corrected chi connectivity index (χ2v) is 8.09. The molecule has 2 N–H and O–H groups in total. The van der Waals surface area contributed by atoms with Gasteiger partial charge in [-0.3, -0.25) is 19.1 Å². The van der Waals surface area contributed by atoms with Crippen molar-refractivity contribution < 1.29 is 9.90 Å². The first-order valence-electron chi connectivity index (χ1n) is 9.65. The molecule has 0 atom stereocenters. The molecule has 5 rings (SSSR count). The van der Waals surface area contributed by atoms with Crippen LogP contribution in [0.3, 0.4) is 0 Å². The zero-order valence-electron chi connectivity index (χ0n) is 16.3. The van der Waals surface area contributed by atoms with Gasteiger partial charge in [0.15, 0.2) is 0 Å². The summed E-state index contributed by atoms with van der Waals surface area (Å²) in [5, 5.41) is 15.4. The van der Waals surface area contributed by atoms with Crippen LogP contribution in [0.5, 0.6) is 5.88 Å². The van der Waals surface area contributed by atoms with E-state index in [-0.39, 0.29) is 12.4 Å². The van der Waals surface area contributed by atoms with Crippen molar-refractivity contribution in [3.8, 4) is 5.88 Å². The molecule has 0 radical (unpaired) electrons. The lowest BCUT2D eigenvalue weighted by Gasteiger charge is -2.09. The third kappa shape index (κ3) is 3.55. The van der Waals surface area contributed by atoms with Gasteiger partial charge in [-0.2, -0.15) is 0 Å². The molecule has 0 unspecified atom stereocenters. The predicted molar refractivity (Wildman–Crippen MR) is 125 cm³/mol. The van der Waals surface area contributed by atoms with Crippen LogP contribution in [0.25, 0.3) is 22.4 Å². The number of allylic oxidation sites excluding steroid dienone is 1. The van der Waals surface area contributed by atoms with Gasteiger partial charge >= 0.3 is 4.87 Å². The molecule has 0 saturated carbocycles. The summed E-state index contributed by atoms with van der Waals surface area (Å²) in [6.45, 7) is -0.280. The van der Waals surface area contributed by atoms with Gasteiger partial charge in [-0.1, -0.05) is 65.9 Å². The smallest absolute Gasteiger partial charge is 0.311 e. The van der Waals surface area contributed by atoms with E-state index in [9.17, 15) is 14.7 Å². The molecule has 0 saturated heterocycles. The number of carbonyl (C=O) groups excluding carboxylic acids is 1. The number of anilines is 1. The van der Waals surface area contributed by atoms with E-state index in [1.54, 1.807) is 12.3 Å². The van der Waals surface area contributed by atoms with Crippen LogP contribution in [0.4, 0.5) is 11.4 Å². The van der Waals surface area contributed by atoms with Crippen molar-refractivity contribution in [1.29, 1.82) is 0 Å². The SMILES string of the molecule is O=C(Cn1c(O)c(C=C2C=Nc3ccccc32)sc1=O)Nc1cccc2ccccc12. The van der Waals surface area contributed by atoms with Crippen molar-refractivity contribution >= 4 is 57.3 Å². The second-order valence-electron chi connectivity index (χ2n) is 7.09. The van der Waals surface area contributed by atoms with E-state index in [0.29, 0.717) is 10.6 Å². The zero-order valence-corrected chi connectivity index (χ0v) is 17.1. The Balaban J connectivity index is 1.40. The number of carbonyl (C=O) groups is 1. The molecule has 1 aliphatic rings. The van der Waals surface area contributed by atoms with Crippen molar-refractivity contribution in [3.05, 3.63) is 86.8 Å². The van der Waals surface area contributed by atoms with Crippen molar-refractivity contribution in [1.82, 2.24) is 4.57 Å². The normalized spacial score (nSPS) is 13.6. The average Bonchev–Trinajstić information content (AvgIpc) is 3.30. The number of aliphatic imine (C=N–C) groups is 1. The van der Waals surface area contributed by atoms with Crippen LogP contribution in [-0.4, -0.2) is 21.8 Å². The molecule has 7 heteroatoms. The van der Waals surface area contributed by atoms with Gasteiger partial charge in [0.25, 0.3) is 0 Å². The van der Waals surface area contributed by atoms with Crippen LogP contribution in [-0.2, 0) is 11.3 Å². The van der Waals surface area contributed by atoms with Crippen molar-refractivity contribution in [3.63, 3.8) is 0 Å². The minimum atomic E-state index is -0.402. The molecule has 4 aromatic rings. The second kappa shape index (κ2) is 7.70. The lowest BCUT2D eigenvalue weighted by molar-refractivity contribution is -0.116. The van der Waals surface area contributed by atoms with E-state index >= 15 is 0 Å². The van der Waals surface area contributed by atoms with E-state index in [0.717, 1.165) is 43.5 Å². The highest BCUT2D eigenvalue weighted by atomic mass is 32.1. The van der Waals surface area contributed by atoms with E-state index in [4.69, 9.17) is 0 Å². The summed E-state index contributed by atoms with van der Waals surface area (Å²) in [6.07, 6.45) is 3.42. The Kier molecular flexibility index (Phi) is 4.72. The number of fused-ring (bicyclic) bond motifs is 2. The Labute approximate surface area is 181 Å². The summed E-state index contributed by atoms with van der Waals surface area (Å²) >= 11 is 0.893. The number of hydrogen-bond donors (Lipinski definition) is 2. The third-order valence-corrected chi connectivity index (χ3v) is 6.02. The van der Waals surface area contributed by atoms with Crippen LogP contribution in [0.1, 0.15) is 10.4 Å². The first kappa shape index (κ1) is 19.0. The molecule has 0 bridgehead atoms. The number of nitrogens with one attached hydrogen (secondary N) is 1. The molecule has 6 nitrogen and oxygen atoms in total. The summed E-state index contributed by atoms with van der Waals surface area (Å²) in [5.74, 6) is -0.619. The molecule has 3 aromatic carbocycles. The fourth-order valence-corrected chi connectivity index (χ4v) is 4.45. The predicted octanol–water partition coefficient (Wildman–Crippen LogP) is 4.66. The van der Waals surface area contributed by atoms with E-state index in [2.05, 4.69) is 10.3 Å². The Morgan fingerprint density at radius 1 is 1.06 bits per heavy atom. The highest BCUT2D eigenvalue weighted by Gasteiger charge is 2.18. The summed E-state index contributed by atoms with van der Waals surface area (Å²) in [7, 11) is 0. The van der Waals surface area contributed by atoms with Gasteiger partial charge in [0.2, 0.25) is 11.8 Å². The van der Waals surface area contributed by atoms with Gasteiger partial charge in [-0.25, -0.2) is 0 Å². The van der Waals surface area contributed by atoms with Crippen LogP contribution in [0.2, 0.25) is 0 Å². The highest BCUT2D eigenvalue weighted by molar-refractivity contribution is 7.10. The minimum absolute atomic E-state index is 0.228. The van der Waals surface area contributed by atoms with Crippen molar-refractivity contribution in [2.75, 3.05) is 5.32 Å². The maximum atomic E-state index is 12.6. The molecule has 1 aromatic heterocycles. The number of rotatable bonds is 4. The summed E-state index contributed by atoms with van der Waals surface area (Å²) in [4.78, 5) is 29.4. The lowest BCUT2D eigenvalue weighted by Crippen LogP contribution is -2.24. The Morgan fingerprint density at radius 3 is 2.74 bits per heavy atom. The first-order chi connectivity index (χ1) is 15.1. The number of benzene rings is 3. The molecular formula is C24H17N3O3S. The van der Waals surface area contributed by atoms with Gasteiger partial charge in [0.05, 0.1) is 10.6 Å². The maximum Gasteiger partial charge on any atom is 0.311 e.